The monoisotopic (exact) mass is 334 g/mol. The molecule has 1 saturated carbocycles. The number of methoxy groups -OCH3 is 1. The third-order valence-corrected chi connectivity index (χ3v) is 5.01. The van der Waals surface area contributed by atoms with Gasteiger partial charge in [-0.2, -0.15) is 0 Å². The molecule has 4 rings (SSSR count). The summed E-state index contributed by atoms with van der Waals surface area (Å²) in [6.45, 7) is 0.736. The number of rotatable bonds is 6. The molecule has 1 fully saturated rings. The zero-order valence-electron chi connectivity index (χ0n) is 14.4. The molecule has 1 aliphatic heterocycles. The van der Waals surface area contributed by atoms with Gasteiger partial charge in [0.05, 0.1) is 19.6 Å². The van der Waals surface area contributed by atoms with Crippen molar-refractivity contribution >= 4 is 17.8 Å². The van der Waals surface area contributed by atoms with Gasteiger partial charge in [-0.25, -0.2) is 0 Å². The number of nitrogens with zero attached hydrogens (tertiary/aromatic N) is 1. The van der Waals surface area contributed by atoms with Crippen LogP contribution in [0.3, 0.4) is 0 Å². The van der Waals surface area contributed by atoms with Gasteiger partial charge in [-0.05, 0) is 53.3 Å². The van der Waals surface area contributed by atoms with Crippen molar-refractivity contribution in [2.24, 2.45) is 10.9 Å². The Labute approximate surface area is 147 Å². The highest BCUT2D eigenvalue weighted by Gasteiger charge is 2.30. The van der Waals surface area contributed by atoms with E-state index in [0.717, 1.165) is 35.5 Å². The first-order valence-electron chi connectivity index (χ1n) is 8.80. The van der Waals surface area contributed by atoms with Crippen LogP contribution in [0, 0.1) is 5.92 Å². The lowest BCUT2D eigenvalue weighted by molar-refractivity contribution is -0.117. The molecule has 1 aliphatic carbocycles. The molecule has 0 bridgehead atoms. The van der Waals surface area contributed by atoms with Crippen LogP contribution in [0.4, 0.5) is 5.69 Å². The van der Waals surface area contributed by atoms with Crippen molar-refractivity contribution in [3.05, 3.63) is 59.2 Å². The molecule has 0 spiro atoms. The Bertz CT molecular complexity index is 807. The molecule has 0 saturated heterocycles. The second-order valence-corrected chi connectivity index (χ2v) is 6.88. The number of nitrogens with one attached hydrogen (secondary N) is 1. The third-order valence-electron chi connectivity index (χ3n) is 5.01. The maximum Gasteiger partial charge on any atom is 0.231 e. The molecule has 0 radical (unpaired) electrons. The van der Waals surface area contributed by atoms with Crippen molar-refractivity contribution < 1.29 is 9.53 Å². The molecule has 128 valence electrons. The van der Waals surface area contributed by atoms with Crippen molar-refractivity contribution in [3.63, 3.8) is 0 Å². The van der Waals surface area contributed by atoms with Crippen molar-refractivity contribution in [1.29, 1.82) is 0 Å². The third kappa shape index (κ3) is 3.58. The first-order valence-corrected chi connectivity index (χ1v) is 8.80. The van der Waals surface area contributed by atoms with Gasteiger partial charge in [-0.15, -0.1) is 0 Å². The summed E-state index contributed by atoms with van der Waals surface area (Å²) in [6.07, 6.45) is 5.24. The fourth-order valence-corrected chi connectivity index (χ4v) is 3.33. The van der Waals surface area contributed by atoms with Crippen molar-refractivity contribution in [1.82, 2.24) is 0 Å². The van der Waals surface area contributed by atoms with E-state index in [9.17, 15) is 4.79 Å². The fraction of sp³-hybridized carbons (Fsp3) is 0.333. The average Bonchev–Trinajstić information content (AvgIpc) is 3.34. The van der Waals surface area contributed by atoms with E-state index in [-0.39, 0.29) is 11.8 Å². The average molecular weight is 334 g/mol. The number of carbonyl (C=O) groups is 1. The number of ether oxygens (including phenoxy) is 1. The lowest BCUT2D eigenvalue weighted by atomic mass is 9.92. The number of carbonyl (C=O) groups excluding carboxylic acids is 1. The van der Waals surface area contributed by atoms with Gasteiger partial charge in [0.2, 0.25) is 5.91 Å². The Hall–Kier alpha value is -2.62. The van der Waals surface area contributed by atoms with Crippen LogP contribution in [0.2, 0.25) is 0 Å². The van der Waals surface area contributed by atoms with Gasteiger partial charge in [0, 0.05) is 11.9 Å². The van der Waals surface area contributed by atoms with Crippen molar-refractivity contribution in [3.8, 4) is 5.75 Å². The normalized spacial score (nSPS) is 16.4. The molecule has 2 aliphatic rings. The largest absolute Gasteiger partial charge is 0.497 e. The van der Waals surface area contributed by atoms with Crippen molar-refractivity contribution in [2.45, 2.75) is 31.7 Å². The van der Waals surface area contributed by atoms with Crippen LogP contribution in [0.1, 0.15) is 41.9 Å². The summed E-state index contributed by atoms with van der Waals surface area (Å²) in [7, 11) is 1.65. The summed E-state index contributed by atoms with van der Waals surface area (Å²) in [6, 6.07) is 13.9. The zero-order valence-corrected chi connectivity index (χ0v) is 14.4. The number of hydrogen-bond donors (Lipinski definition) is 1. The van der Waals surface area contributed by atoms with Crippen LogP contribution in [0.15, 0.2) is 47.5 Å². The summed E-state index contributed by atoms with van der Waals surface area (Å²) in [5, 5.41) is 3.10. The highest BCUT2D eigenvalue weighted by atomic mass is 16.5. The van der Waals surface area contributed by atoms with Gasteiger partial charge in [-0.3, -0.25) is 9.79 Å². The molecule has 25 heavy (non-hydrogen) atoms. The van der Waals surface area contributed by atoms with Gasteiger partial charge in [0.15, 0.2) is 0 Å². The first kappa shape index (κ1) is 15.9. The molecule has 1 amide bonds. The smallest absolute Gasteiger partial charge is 0.231 e. The van der Waals surface area contributed by atoms with Crippen LogP contribution in [-0.2, 0) is 11.3 Å². The van der Waals surface area contributed by atoms with Crippen molar-refractivity contribution in [2.75, 3.05) is 12.4 Å². The highest BCUT2D eigenvalue weighted by molar-refractivity contribution is 5.97. The summed E-state index contributed by atoms with van der Waals surface area (Å²) < 4.78 is 5.23. The van der Waals surface area contributed by atoms with E-state index in [2.05, 4.69) is 10.3 Å². The maximum absolute atomic E-state index is 13.0. The molecule has 1 unspecified atom stereocenters. The molecular formula is C21H22N2O2. The molecule has 4 nitrogen and oxygen atoms in total. The molecule has 4 heteroatoms. The number of benzene rings is 2. The van der Waals surface area contributed by atoms with Gasteiger partial charge in [0.25, 0.3) is 0 Å². The van der Waals surface area contributed by atoms with E-state index >= 15 is 0 Å². The van der Waals surface area contributed by atoms with E-state index in [1.807, 2.05) is 48.7 Å². The predicted octanol–water partition coefficient (Wildman–Crippen LogP) is 4.15. The number of fused-ring (bicyclic) bond motifs is 1. The minimum Gasteiger partial charge on any atom is -0.497 e. The lowest BCUT2D eigenvalue weighted by Gasteiger charge is -2.18. The molecular weight excluding hydrogens is 312 g/mol. The van der Waals surface area contributed by atoms with Crippen LogP contribution < -0.4 is 10.1 Å². The van der Waals surface area contributed by atoms with E-state index in [1.54, 1.807) is 7.11 Å². The van der Waals surface area contributed by atoms with Gasteiger partial charge in [-0.1, -0.05) is 31.0 Å². The molecule has 0 aromatic heterocycles. The molecule has 1 heterocycles. The van der Waals surface area contributed by atoms with Crippen LogP contribution in [0.5, 0.6) is 5.75 Å². The number of aliphatic imine (C=N–C) groups is 1. The summed E-state index contributed by atoms with van der Waals surface area (Å²) in [5.41, 5.74) is 4.20. The van der Waals surface area contributed by atoms with E-state index in [1.165, 1.54) is 18.4 Å². The van der Waals surface area contributed by atoms with E-state index in [0.29, 0.717) is 5.92 Å². The predicted molar refractivity (Wildman–Crippen MR) is 99.4 cm³/mol. The van der Waals surface area contributed by atoms with Crippen LogP contribution in [-0.4, -0.2) is 19.2 Å². The number of hydrogen-bond acceptors (Lipinski definition) is 3. The summed E-state index contributed by atoms with van der Waals surface area (Å²) >= 11 is 0. The Morgan fingerprint density at radius 1 is 1.24 bits per heavy atom. The second-order valence-electron chi connectivity index (χ2n) is 6.88. The standard InChI is InChI=1S/C21H22N2O2/c1-25-19-8-5-15(6-9-19)20(10-14-2-3-14)21(24)23-18-7-4-16-12-22-13-17(16)11-18/h4-9,11,13-14,20H,2-3,10,12H2,1H3,(H,23,24). The Morgan fingerprint density at radius 3 is 2.76 bits per heavy atom. The molecule has 2 aromatic carbocycles. The van der Waals surface area contributed by atoms with Crippen LogP contribution >= 0.6 is 0 Å². The first-order chi connectivity index (χ1) is 12.2. The Balaban J connectivity index is 1.53. The Morgan fingerprint density at radius 2 is 2.04 bits per heavy atom. The summed E-state index contributed by atoms with van der Waals surface area (Å²) in [4.78, 5) is 17.2. The fourth-order valence-electron chi connectivity index (χ4n) is 3.33. The van der Waals surface area contributed by atoms with E-state index in [4.69, 9.17) is 4.74 Å². The topological polar surface area (TPSA) is 50.7 Å². The van der Waals surface area contributed by atoms with Gasteiger partial charge >= 0.3 is 0 Å². The van der Waals surface area contributed by atoms with Crippen LogP contribution in [0.25, 0.3) is 0 Å². The molecule has 1 atom stereocenters. The minimum atomic E-state index is -0.125. The maximum atomic E-state index is 13.0. The number of amides is 1. The minimum absolute atomic E-state index is 0.0620. The van der Waals surface area contributed by atoms with Gasteiger partial charge in [0.1, 0.15) is 5.75 Å². The SMILES string of the molecule is COc1ccc(C(CC2CC2)C(=O)Nc2ccc3c(c2)C=NC3)cc1. The molecule has 1 N–H and O–H groups in total. The quantitative estimate of drug-likeness (QED) is 0.863. The highest BCUT2D eigenvalue weighted by Crippen LogP contribution is 2.39. The van der Waals surface area contributed by atoms with Gasteiger partial charge < -0.3 is 10.1 Å². The zero-order chi connectivity index (χ0) is 17.2. The Kier molecular flexibility index (Phi) is 4.26. The molecule has 2 aromatic rings. The van der Waals surface area contributed by atoms with E-state index < -0.39 is 0 Å². The lowest BCUT2D eigenvalue weighted by Crippen LogP contribution is -2.22. The second kappa shape index (κ2) is 6.71. The number of anilines is 1. The summed E-state index contributed by atoms with van der Waals surface area (Å²) in [5.74, 6) is 1.42.